The van der Waals surface area contributed by atoms with Gasteiger partial charge in [-0.3, -0.25) is 4.79 Å². The van der Waals surface area contributed by atoms with Crippen molar-refractivity contribution in [3.8, 4) is 5.75 Å². The number of thiophene rings is 1. The third-order valence-electron chi connectivity index (χ3n) is 4.22. The molecule has 0 saturated heterocycles. The number of Topliss-reactive ketones (excluding diaryl/α,β-unsaturated/α-hetero) is 1. The number of ketones is 1. The van der Waals surface area contributed by atoms with Crippen LogP contribution in [0, 0.1) is 0 Å². The van der Waals surface area contributed by atoms with E-state index in [1.54, 1.807) is 13.0 Å². The van der Waals surface area contributed by atoms with Crippen molar-refractivity contribution < 1.29 is 27.8 Å². The summed E-state index contributed by atoms with van der Waals surface area (Å²) in [7, 11) is 0. The van der Waals surface area contributed by atoms with Gasteiger partial charge in [0, 0.05) is 16.8 Å². The monoisotopic (exact) mass is 415 g/mol. The number of carbonyl (C=O) groups is 1. The Balaban J connectivity index is 1.77. The van der Waals surface area contributed by atoms with Crippen molar-refractivity contribution in [3.63, 3.8) is 0 Å². The fourth-order valence-corrected chi connectivity index (χ4v) is 3.43. The number of benzene rings is 1. The lowest BCUT2D eigenvalue weighted by atomic mass is 9.98. The van der Waals surface area contributed by atoms with Crippen molar-refractivity contribution in [1.82, 2.24) is 0 Å². The first-order valence-electron chi connectivity index (χ1n) is 8.92. The van der Waals surface area contributed by atoms with Crippen molar-refractivity contribution in [3.05, 3.63) is 51.7 Å². The Morgan fingerprint density at radius 3 is 2.68 bits per heavy atom. The zero-order valence-electron chi connectivity index (χ0n) is 15.6. The summed E-state index contributed by atoms with van der Waals surface area (Å²) in [5.41, 5.74) is 4.50. The largest absolute Gasteiger partial charge is 0.494 e. The summed E-state index contributed by atoms with van der Waals surface area (Å²) in [6.45, 7) is 1.83. The molecule has 0 fully saturated rings. The van der Waals surface area contributed by atoms with E-state index in [0.717, 1.165) is 17.0 Å². The van der Waals surface area contributed by atoms with Crippen LogP contribution in [0.3, 0.4) is 0 Å². The van der Waals surface area contributed by atoms with Gasteiger partial charge in [-0.05, 0) is 56.5 Å². The van der Waals surface area contributed by atoms with Gasteiger partial charge < -0.3 is 15.6 Å². The molecular weight excluding hydrogens is 391 g/mol. The molecule has 3 N–H and O–H groups in total. The highest BCUT2D eigenvalue weighted by Crippen LogP contribution is 2.31. The number of aliphatic hydroxyl groups excluding tert-OH is 1. The number of hydrogen-bond acceptors (Lipinski definition) is 5. The SMILES string of the molecule is CC(N)(CO)CCc1ccc(C(=O)CCCOc2cccc(C(F)(F)F)c2)s1. The molecule has 28 heavy (non-hydrogen) atoms. The average Bonchev–Trinajstić information content (AvgIpc) is 3.12. The molecule has 1 aromatic carbocycles. The molecule has 0 saturated carbocycles. The molecule has 1 unspecified atom stereocenters. The lowest BCUT2D eigenvalue weighted by Gasteiger charge is -2.20. The van der Waals surface area contributed by atoms with Gasteiger partial charge in [0.25, 0.3) is 0 Å². The summed E-state index contributed by atoms with van der Waals surface area (Å²) in [6, 6.07) is 8.33. The Morgan fingerprint density at radius 2 is 2.00 bits per heavy atom. The molecule has 0 radical (unpaired) electrons. The van der Waals surface area contributed by atoms with Crippen LogP contribution in [0.2, 0.25) is 0 Å². The smallest absolute Gasteiger partial charge is 0.416 e. The quantitative estimate of drug-likeness (QED) is 0.444. The maximum Gasteiger partial charge on any atom is 0.416 e. The molecule has 0 aliphatic heterocycles. The molecule has 1 heterocycles. The normalized spacial score (nSPS) is 13.9. The van der Waals surface area contributed by atoms with Crippen LogP contribution in [-0.2, 0) is 12.6 Å². The Morgan fingerprint density at radius 1 is 1.25 bits per heavy atom. The second-order valence-corrected chi connectivity index (χ2v) is 8.15. The van der Waals surface area contributed by atoms with E-state index in [1.165, 1.54) is 23.5 Å². The number of nitrogens with two attached hydrogens (primary N) is 1. The van der Waals surface area contributed by atoms with Crippen molar-refractivity contribution in [2.45, 2.75) is 44.3 Å². The molecule has 0 aliphatic rings. The zero-order chi connectivity index (χ0) is 20.8. The third kappa shape index (κ3) is 6.92. The summed E-state index contributed by atoms with van der Waals surface area (Å²) in [6.07, 6.45) is -2.45. The van der Waals surface area contributed by atoms with E-state index in [-0.39, 0.29) is 31.2 Å². The number of carbonyl (C=O) groups excluding carboxylic acids is 1. The highest BCUT2D eigenvalue weighted by molar-refractivity contribution is 7.14. The Bertz CT molecular complexity index is 787. The molecule has 8 heteroatoms. The second-order valence-electron chi connectivity index (χ2n) is 6.98. The molecule has 1 aromatic heterocycles. The zero-order valence-corrected chi connectivity index (χ0v) is 16.4. The molecule has 0 amide bonds. The van der Waals surface area contributed by atoms with E-state index >= 15 is 0 Å². The van der Waals surface area contributed by atoms with Crippen LogP contribution in [0.15, 0.2) is 36.4 Å². The third-order valence-corrected chi connectivity index (χ3v) is 5.40. The van der Waals surface area contributed by atoms with E-state index < -0.39 is 17.3 Å². The molecule has 4 nitrogen and oxygen atoms in total. The van der Waals surface area contributed by atoms with Crippen LogP contribution in [-0.4, -0.2) is 29.6 Å². The van der Waals surface area contributed by atoms with Crippen molar-refractivity contribution in [1.29, 1.82) is 0 Å². The molecule has 154 valence electrons. The fourth-order valence-electron chi connectivity index (χ4n) is 2.46. The Kier molecular flexibility index (Phi) is 7.63. The summed E-state index contributed by atoms with van der Waals surface area (Å²) in [5, 5.41) is 9.18. The highest BCUT2D eigenvalue weighted by Gasteiger charge is 2.30. The Labute approximate surface area is 166 Å². The van der Waals surface area contributed by atoms with Crippen LogP contribution < -0.4 is 10.5 Å². The Hall–Kier alpha value is -1.90. The first kappa shape index (κ1) is 22.4. The van der Waals surface area contributed by atoms with Crippen LogP contribution in [0.4, 0.5) is 13.2 Å². The number of alkyl halides is 3. The van der Waals surface area contributed by atoms with Crippen LogP contribution in [0.5, 0.6) is 5.75 Å². The molecule has 0 aliphatic carbocycles. The molecule has 0 bridgehead atoms. The van der Waals surface area contributed by atoms with Gasteiger partial charge in [-0.1, -0.05) is 6.07 Å². The lowest BCUT2D eigenvalue weighted by Crippen LogP contribution is -2.40. The number of ether oxygens (including phenoxy) is 1. The predicted molar refractivity (Wildman–Crippen MR) is 103 cm³/mol. The van der Waals surface area contributed by atoms with Crippen molar-refractivity contribution >= 4 is 17.1 Å². The molecule has 2 aromatic rings. The van der Waals surface area contributed by atoms with Gasteiger partial charge in [-0.15, -0.1) is 11.3 Å². The standard InChI is InChI=1S/C20H24F3NO3S/c1-19(24,13-25)10-9-16-7-8-18(28-16)17(26)6-3-11-27-15-5-2-4-14(12-15)20(21,22)23/h2,4-5,7-8,12,25H,3,6,9-11,13,24H2,1H3. The van der Waals surface area contributed by atoms with Crippen LogP contribution in [0.25, 0.3) is 0 Å². The van der Waals surface area contributed by atoms with Gasteiger partial charge in [0.2, 0.25) is 0 Å². The summed E-state index contributed by atoms with van der Waals surface area (Å²) < 4.78 is 43.4. The number of rotatable bonds is 10. The van der Waals surface area contributed by atoms with Gasteiger partial charge in [-0.2, -0.15) is 13.2 Å². The van der Waals surface area contributed by atoms with Gasteiger partial charge in [0.05, 0.1) is 23.7 Å². The minimum atomic E-state index is -4.41. The van der Waals surface area contributed by atoms with Crippen molar-refractivity contribution in [2.75, 3.05) is 13.2 Å². The maximum atomic E-state index is 12.7. The van der Waals surface area contributed by atoms with E-state index in [9.17, 15) is 23.1 Å². The summed E-state index contributed by atoms with van der Waals surface area (Å²) in [5.74, 6) is 0.107. The molecule has 1 atom stereocenters. The first-order valence-corrected chi connectivity index (χ1v) is 9.74. The lowest BCUT2D eigenvalue weighted by molar-refractivity contribution is -0.137. The van der Waals surface area contributed by atoms with Gasteiger partial charge in [0.15, 0.2) is 5.78 Å². The topological polar surface area (TPSA) is 72.5 Å². The predicted octanol–water partition coefficient (Wildman–Crippen LogP) is 4.45. The summed E-state index contributed by atoms with van der Waals surface area (Å²) in [4.78, 5) is 13.9. The van der Waals surface area contributed by atoms with E-state index in [2.05, 4.69) is 0 Å². The fraction of sp³-hybridized carbons (Fsp3) is 0.450. The van der Waals surface area contributed by atoms with E-state index in [1.807, 2.05) is 6.07 Å². The minimum absolute atomic E-state index is 0.0263. The first-order chi connectivity index (χ1) is 13.1. The second kappa shape index (κ2) is 9.54. The highest BCUT2D eigenvalue weighted by atomic mass is 32.1. The number of aliphatic hydroxyl groups is 1. The summed E-state index contributed by atoms with van der Waals surface area (Å²) >= 11 is 1.40. The molecular formula is C20H24F3NO3S. The maximum absolute atomic E-state index is 12.7. The average molecular weight is 415 g/mol. The van der Waals surface area contributed by atoms with Crippen molar-refractivity contribution in [2.24, 2.45) is 5.73 Å². The number of hydrogen-bond donors (Lipinski definition) is 2. The molecule has 0 spiro atoms. The van der Waals surface area contributed by atoms with E-state index in [4.69, 9.17) is 10.5 Å². The van der Waals surface area contributed by atoms with E-state index in [0.29, 0.717) is 24.1 Å². The minimum Gasteiger partial charge on any atom is -0.494 e. The van der Waals surface area contributed by atoms with Gasteiger partial charge in [0.1, 0.15) is 5.75 Å². The number of halogens is 3. The van der Waals surface area contributed by atoms with Gasteiger partial charge in [-0.25, -0.2) is 0 Å². The van der Waals surface area contributed by atoms with Crippen LogP contribution >= 0.6 is 11.3 Å². The number of aryl methyl sites for hydroxylation is 1. The van der Waals surface area contributed by atoms with Gasteiger partial charge >= 0.3 is 6.18 Å². The molecule has 2 rings (SSSR count). The van der Waals surface area contributed by atoms with Crippen LogP contribution in [0.1, 0.15) is 46.3 Å².